The molecule has 0 aromatic rings. The largest absolute Gasteiger partial charge is 0.394 e. The molecule has 0 aromatic carbocycles. The summed E-state index contributed by atoms with van der Waals surface area (Å²) in [6.07, 6.45) is -0.0648. The summed E-state index contributed by atoms with van der Waals surface area (Å²) in [7, 11) is 3.21. The number of aliphatic hydroxyl groups is 1. The first kappa shape index (κ1) is 17.5. The van der Waals surface area contributed by atoms with E-state index in [-0.39, 0.29) is 24.8 Å². The Bertz CT molecular complexity index is 202. The van der Waals surface area contributed by atoms with Crippen LogP contribution in [0.25, 0.3) is 0 Å². The van der Waals surface area contributed by atoms with E-state index in [4.69, 9.17) is 5.11 Å². The first-order valence-corrected chi connectivity index (χ1v) is 5.01. The molecule has 0 fully saturated rings. The van der Waals surface area contributed by atoms with Gasteiger partial charge in [-0.15, -0.1) is 0 Å². The molecule has 2 N–H and O–H groups in total. The number of amides is 1. The number of rotatable bonds is 5. The molecule has 5 nitrogen and oxygen atoms in total. The van der Waals surface area contributed by atoms with Crippen LogP contribution in [0.15, 0.2) is 12.2 Å². The average molecular weight is 233 g/mol. The van der Waals surface area contributed by atoms with Gasteiger partial charge in [0.15, 0.2) is 6.29 Å². The normalized spacial score (nSPS) is 11.4. The third-order valence-corrected chi connectivity index (χ3v) is 1.70. The van der Waals surface area contributed by atoms with Crippen molar-refractivity contribution in [1.82, 2.24) is 5.32 Å². The molecule has 16 heavy (non-hydrogen) atoms. The van der Waals surface area contributed by atoms with E-state index in [9.17, 15) is 4.79 Å². The zero-order valence-corrected chi connectivity index (χ0v) is 10.7. The van der Waals surface area contributed by atoms with Gasteiger partial charge in [0.05, 0.1) is 6.61 Å². The molecule has 0 radical (unpaired) electrons. The third-order valence-electron chi connectivity index (χ3n) is 1.70. The van der Waals surface area contributed by atoms with Crippen LogP contribution < -0.4 is 5.32 Å². The Morgan fingerprint density at radius 3 is 2.00 bits per heavy atom. The molecule has 0 rings (SSSR count). The molecule has 0 heterocycles. The van der Waals surface area contributed by atoms with Gasteiger partial charge in [-0.3, -0.25) is 4.79 Å². The molecule has 0 saturated heterocycles. The average Bonchev–Trinajstić information content (AvgIpc) is 2.28. The minimum absolute atomic E-state index is 0.0426. The summed E-state index contributed by atoms with van der Waals surface area (Å²) in [5, 5.41) is 11.1. The van der Waals surface area contributed by atoms with Crippen LogP contribution in [0.4, 0.5) is 0 Å². The highest BCUT2D eigenvalue weighted by atomic mass is 16.7. The predicted octanol–water partition coefficient (Wildman–Crippen LogP) is 0.685. The second kappa shape index (κ2) is 10.6. The molecule has 0 aliphatic heterocycles. The fourth-order valence-corrected chi connectivity index (χ4v) is 0.489. The van der Waals surface area contributed by atoms with E-state index in [0.29, 0.717) is 5.57 Å². The van der Waals surface area contributed by atoms with Gasteiger partial charge in [0.2, 0.25) is 5.91 Å². The quantitative estimate of drug-likeness (QED) is 0.541. The number of carbonyl (C=O) groups excluding carboxylic acids is 1. The molecular formula is C11H23NO4. The summed E-state index contributed by atoms with van der Waals surface area (Å²) in [5.74, 6) is -0.207. The Hall–Kier alpha value is -0.910. The summed E-state index contributed by atoms with van der Waals surface area (Å²) in [4.78, 5) is 10.8. The van der Waals surface area contributed by atoms with Crippen LogP contribution in [0.1, 0.15) is 20.8 Å². The molecule has 1 amide bonds. The van der Waals surface area contributed by atoms with E-state index in [0.717, 1.165) is 0 Å². The van der Waals surface area contributed by atoms with Crippen molar-refractivity contribution in [3.8, 4) is 0 Å². The van der Waals surface area contributed by atoms with Crippen molar-refractivity contribution in [3.05, 3.63) is 12.2 Å². The van der Waals surface area contributed by atoms with Crippen molar-refractivity contribution < 1.29 is 19.4 Å². The van der Waals surface area contributed by atoms with Gasteiger partial charge in [-0.05, 0) is 20.8 Å². The fourth-order valence-electron chi connectivity index (χ4n) is 0.489. The number of nitrogens with one attached hydrogen (secondary N) is 1. The first-order valence-electron chi connectivity index (χ1n) is 5.01. The maximum Gasteiger partial charge on any atom is 0.246 e. The lowest BCUT2D eigenvalue weighted by molar-refractivity contribution is -0.118. The van der Waals surface area contributed by atoms with Gasteiger partial charge in [0.1, 0.15) is 0 Å². The molecule has 5 heteroatoms. The van der Waals surface area contributed by atoms with Crippen LogP contribution >= 0.6 is 0 Å². The minimum atomic E-state index is -0.207. The topological polar surface area (TPSA) is 67.8 Å². The monoisotopic (exact) mass is 233 g/mol. The zero-order chi connectivity index (χ0) is 13.1. The van der Waals surface area contributed by atoms with Gasteiger partial charge in [-0.25, -0.2) is 0 Å². The van der Waals surface area contributed by atoms with Gasteiger partial charge in [-0.2, -0.15) is 0 Å². The zero-order valence-electron chi connectivity index (χ0n) is 10.7. The lowest BCUT2D eigenvalue weighted by Crippen LogP contribution is -2.35. The van der Waals surface area contributed by atoms with E-state index in [1.807, 2.05) is 6.92 Å². The molecule has 96 valence electrons. The van der Waals surface area contributed by atoms with E-state index in [1.54, 1.807) is 28.1 Å². The van der Waals surface area contributed by atoms with Gasteiger partial charge >= 0.3 is 0 Å². The fraction of sp³-hybridized carbons (Fsp3) is 0.727. The highest BCUT2D eigenvalue weighted by Gasteiger charge is 2.04. The van der Waals surface area contributed by atoms with E-state index < -0.39 is 0 Å². The Morgan fingerprint density at radius 2 is 1.81 bits per heavy atom. The molecule has 0 aliphatic rings. The minimum Gasteiger partial charge on any atom is -0.394 e. The first-order chi connectivity index (χ1) is 7.38. The number of hydrogen-bond donors (Lipinski definition) is 2. The Labute approximate surface area is 97.4 Å². The molecule has 0 aliphatic carbocycles. The smallest absolute Gasteiger partial charge is 0.246 e. The van der Waals surface area contributed by atoms with Gasteiger partial charge in [-0.1, -0.05) is 6.58 Å². The summed E-state index contributed by atoms with van der Waals surface area (Å²) in [5.41, 5.74) is 0.459. The third kappa shape index (κ3) is 11.2. The van der Waals surface area contributed by atoms with Crippen molar-refractivity contribution in [2.45, 2.75) is 33.1 Å². The molecule has 0 aromatic heterocycles. The second-order valence-electron chi connectivity index (χ2n) is 3.38. The molecule has 0 saturated carbocycles. The molecule has 1 unspecified atom stereocenters. The van der Waals surface area contributed by atoms with Crippen molar-refractivity contribution in [2.24, 2.45) is 0 Å². The van der Waals surface area contributed by atoms with Gasteiger partial charge < -0.3 is 19.9 Å². The Kier molecular flexibility index (Phi) is 11.6. The Balaban J connectivity index is 0. The highest BCUT2D eigenvalue weighted by molar-refractivity contribution is 5.92. The van der Waals surface area contributed by atoms with Crippen molar-refractivity contribution in [2.75, 3.05) is 20.8 Å². The molecule has 0 spiro atoms. The van der Waals surface area contributed by atoms with E-state index >= 15 is 0 Å². The van der Waals surface area contributed by atoms with Crippen LogP contribution in [0.5, 0.6) is 0 Å². The highest BCUT2D eigenvalue weighted by Crippen LogP contribution is 1.87. The van der Waals surface area contributed by atoms with Crippen LogP contribution in [0.2, 0.25) is 0 Å². The lowest BCUT2D eigenvalue weighted by atomic mass is 10.3. The van der Waals surface area contributed by atoms with Crippen molar-refractivity contribution >= 4 is 5.91 Å². The second-order valence-corrected chi connectivity index (χ2v) is 3.38. The van der Waals surface area contributed by atoms with E-state index in [1.165, 1.54) is 0 Å². The van der Waals surface area contributed by atoms with Crippen LogP contribution in [0.3, 0.4) is 0 Å². The van der Waals surface area contributed by atoms with Gasteiger partial charge in [0.25, 0.3) is 0 Å². The lowest BCUT2D eigenvalue weighted by Gasteiger charge is -2.09. The number of methoxy groups -OCH3 is 2. The maximum atomic E-state index is 10.8. The summed E-state index contributed by atoms with van der Waals surface area (Å²) < 4.78 is 9.35. The van der Waals surface area contributed by atoms with Crippen LogP contribution in [0, 0.1) is 0 Å². The molecule has 0 bridgehead atoms. The van der Waals surface area contributed by atoms with E-state index in [2.05, 4.69) is 21.4 Å². The number of carbonyl (C=O) groups is 1. The Morgan fingerprint density at radius 1 is 1.38 bits per heavy atom. The standard InChI is InChI=1S/C7H13NO2.C4H10O2/c1-5(2)7(10)8-6(3)4-9;1-4(5-2)6-3/h6,9H,1,4H2,2-3H3,(H,8,10);4H,1-3H3. The van der Waals surface area contributed by atoms with Crippen LogP contribution in [-0.4, -0.2) is 44.2 Å². The van der Waals surface area contributed by atoms with Crippen LogP contribution in [-0.2, 0) is 14.3 Å². The number of hydrogen-bond acceptors (Lipinski definition) is 4. The van der Waals surface area contributed by atoms with Crippen molar-refractivity contribution in [1.29, 1.82) is 0 Å². The SMILES string of the molecule is C=C(C)C(=O)NC(C)CO.COC(C)OC. The van der Waals surface area contributed by atoms with Crippen molar-refractivity contribution in [3.63, 3.8) is 0 Å². The summed E-state index contributed by atoms with van der Waals surface area (Å²) in [6, 6.07) is -0.191. The number of aliphatic hydroxyl groups excluding tert-OH is 1. The van der Waals surface area contributed by atoms with Gasteiger partial charge in [0, 0.05) is 25.8 Å². The summed E-state index contributed by atoms with van der Waals surface area (Å²) >= 11 is 0. The summed E-state index contributed by atoms with van der Waals surface area (Å²) in [6.45, 7) is 8.59. The maximum absolute atomic E-state index is 10.8. The number of ether oxygens (including phenoxy) is 2. The predicted molar refractivity (Wildman–Crippen MR) is 63.0 cm³/mol. The molecular weight excluding hydrogens is 210 g/mol. The molecule has 1 atom stereocenters.